The van der Waals surface area contributed by atoms with Crippen molar-refractivity contribution in [2.45, 2.75) is 70.7 Å². The molecule has 2 heterocycles. The Labute approximate surface area is 281 Å². The Kier molecular flexibility index (Phi) is 9.11. The zero-order chi connectivity index (χ0) is 34.5. The molecule has 0 bridgehead atoms. The molecule has 1 atom stereocenters. The number of fused-ring (bicyclic) bond motifs is 1. The van der Waals surface area contributed by atoms with E-state index in [0.717, 1.165) is 24.0 Å². The number of benzene rings is 3. The van der Waals surface area contributed by atoms with Crippen LogP contribution in [-0.2, 0) is 38.4 Å². The van der Waals surface area contributed by atoms with Crippen LogP contribution in [0.4, 0.5) is 4.39 Å². The van der Waals surface area contributed by atoms with Gasteiger partial charge in [0.1, 0.15) is 17.2 Å². The molecule has 10 nitrogen and oxygen atoms in total. The summed E-state index contributed by atoms with van der Waals surface area (Å²) in [5, 5.41) is 3.22. The van der Waals surface area contributed by atoms with Crippen molar-refractivity contribution in [3.63, 3.8) is 0 Å². The highest BCUT2D eigenvalue weighted by Crippen LogP contribution is 2.45. The number of halogens is 1. The monoisotopic (exact) mass is 675 g/mol. The Balaban J connectivity index is 1.36. The summed E-state index contributed by atoms with van der Waals surface area (Å²) in [4.78, 5) is 26.0. The number of rotatable bonds is 10. The Hall–Kier alpha value is -3.88. The van der Waals surface area contributed by atoms with Gasteiger partial charge in [0, 0.05) is 42.4 Å². The van der Waals surface area contributed by atoms with E-state index in [0.29, 0.717) is 27.6 Å². The van der Waals surface area contributed by atoms with Crippen molar-refractivity contribution < 1.29 is 41.2 Å². The van der Waals surface area contributed by atoms with Crippen molar-refractivity contribution in [3.8, 4) is 11.3 Å². The molecule has 252 valence electrons. The molecule has 2 fully saturated rings. The number of hydrogen-bond donors (Lipinski definition) is 1. The van der Waals surface area contributed by atoms with Gasteiger partial charge in [-0.2, -0.15) is 0 Å². The summed E-state index contributed by atoms with van der Waals surface area (Å²) in [7, 11) is 1.98. The Morgan fingerprint density at radius 3 is 2.38 bits per heavy atom. The number of carbonyl (C=O) groups is 2. The van der Waals surface area contributed by atoms with E-state index in [4.69, 9.17) is 18.5 Å². The summed E-state index contributed by atoms with van der Waals surface area (Å²) in [6.07, 6.45) is 1.84. The van der Waals surface area contributed by atoms with Gasteiger partial charge in [-0.05, 0) is 98.9 Å². The molecule has 1 aliphatic heterocycles. The van der Waals surface area contributed by atoms with Crippen molar-refractivity contribution in [3.05, 3.63) is 88.2 Å². The maximum atomic E-state index is 14.2. The summed E-state index contributed by atoms with van der Waals surface area (Å²) in [6, 6.07) is 14.5. The molecule has 3 aromatic carbocycles. The average Bonchev–Trinajstić information content (AvgIpc) is 3.78. The van der Waals surface area contributed by atoms with Gasteiger partial charge in [0.2, 0.25) is 0 Å². The number of hydrogen-bond acceptors (Lipinski definition) is 8. The minimum absolute atomic E-state index is 0.00965. The standard InChI is InChI=1S/C35H38BFN2O8S/c1-34(2)35(3,4)47-36(46-34)28-13-10-20(14-26(28)33(41)44-6)18-39(48(42)43)19-23-16-29-27(17-25(23)21-11-12-21)30(32(40)38-5)31(45-29)22-8-7-9-24(37)15-22/h7-10,13-17,21H,11-12,18-19H2,1-6H3,(H,38,40)(H,42,43)/p-1. The molecule has 1 saturated carbocycles. The molecule has 1 saturated heterocycles. The zero-order valence-electron chi connectivity index (χ0n) is 27.7. The third kappa shape index (κ3) is 6.45. The molecule has 0 radical (unpaired) electrons. The second-order valence-corrected chi connectivity index (χ2v) is 14.2. The van der Waals surface area contributed by atoms with Crippen LogP contribution in [0.25, 0.3) is 22.3 Å². The molecule has 48 heavy (non-hydrogen) atoms. The van der Waals surface area contributed by atoms with Gasteiger partial charge >= 0.3 is 13.1 Å². The molecule has 2 aliphatic rings. The van der Waals surface area contributed by atoms with Crippen LogP contribution in [-0.4, -0.2) is 57.4 Å². The SMILES string of the molecule is CNC(=O)c1c(-c2cccc(F)c2)oc2cc(CN(Cc3ccc(B4OC(C)(C)C(C)(C)O4)c(C(=O)OC)c3)S(=O)[O-])c(C3CC3)cc12. The molecule has 6 rings (SSSR count). The van der Waals surface area contributed by atoms with Crippen LogP contribution < -0.4 is 10.8 Å². The van der Waals surface area contributed by atoms with Gasteiger partial charge in [-0.25, -0.2) is 13.5 Å². The lowest BCUT2D eigenvalue weighted by Gasteiger charge is -2.32. The molecule has 0 spiro atoms. The lowest BCUT2D eigenvalue weighted by molar-refractivity contribution is 0.00578. The minimum Gasteiger partial charge on any atom is -0.760 e. The third-order valence-electron chi connectivity index (χ3n) is 9.45. The lowest BCUT2D eigenvalue weighted by atomic mass is 9.75. The highest BCUT2D eigenvalue weighted by atomic mass is 32.2. The van der Waals surface area contributed by atoms with Crippen molar-refractivity contribution >= 4 is 46.7 Å². The van der Waals surface area contributed by atoms with Crippen molar-refractivity contribution in [2.75, 3.05) is 14.2 Å². The van der Waals surface area contributed by atoms with E-state index in [1.807, 2.05) is 33.8 Å². The van der Waals surface area contributed by atoms with Crippen molar-refractivity contribution in [1.82, 2.24) is 9.62 Å². The van der Waals surface area contributed by atoms with Gasteiger partial charge in [0.15, 0.2) is 0 Å². The fourth-order valence-electron chi connectivity index (χ4n) is 6.02. The van der Waals surface area contributed by atoms with Gasteiger partial charge in [-0.1, -0.05) is 24.3 Å². The average molecular weight is 676 g/mol. The first-order valence-electron chi connectivity index (χ1n) is 15.7. The molecular weight excluding hydrogens is 638 g/mol. The number of nitrogens with zero attached hydrogens (tertiary/aromatic N) is 1. The van der Waals surface area contributed by atoms with Gasteiger partial charge in [0.25, 0.3) is 5.91 Å². The number of ether oxygens (including phenoxy) is 1. The van der Waals surface area contributed by atoms with E-state index in [-0.39, 0.29) is 41.8 Å². The van der Waals surface area contributed by atoms with Crippen molar-refractivity contribution in [1.29, 1.82) is 0 Å². The minimum atomic E-state index is -2.65. The van der Waals surface area contributed by atoms with Crippen LogP contribution in [0.1, 0.15) is 83.9 Å². The van der Waals surface area contributed by atoms with Crippen LogP contribution in [0.15, 0.2) is 59.0 Å². The van der Waals surface area contributed by atoms with Crippen LogP contribution >= 0.6 is 0 Å². The first-order chi connectivity index (χ1) is 22.7. The Morgan fingerprint density at radius 1 is 1.06 bits per heavy atom. The third-order valence-corrected chi connectivity index (χ3v) is 10.1. The number of amides is 1. The van der Waals surface area contributed by atoms with Crippen LogP contribution in [0.3, 0.4) is 0 Å². The van der Waals surface area contributed by atoms with E-state index < -0.39 is 41.4 Å². The maximum Gasteiger partial charge on any atom is 0.495 e. The van der Waals surface area contributed by atoms with E-state index in [2.05, 4.69) is 5.32 Å². The molecule has 4 aromatic rings. The normalized spacial score (nSPS) is 17.6. The van der Waals surface area contributed by atoms with Gasteiger partial charge < -0.3 is 28.3 Å². The highest BCUT2D eigenvalue weighted by molar-refractivity contribution is 7.76. The summed E-state index contributed by atoms with van der Waals surface area (Å²) >= 11 is -2.65. The van der Waals surface area contributed by atoms with Gasteiger partial charge in [0.05, 0.1) is 29.4 Å². The number of furan rings is 1. The molecule has 1 amide bonds. The molecule has 1 N–H and O–H groups in total. The Morgan fingerprint density at radius 2 is 1.77 bits per heavy atom. The van der Waals surface area contributed by atoms with Gasteiger partial charge in [-0.15, -0.1) is 0 Å². The van der Waals surface area contributed by atoms with Crippen molar-refractivity contribution in [2.24, 2.45) is 0 Å². The Bertz CT molecular complexity index is 1920. The summed E-state index contributed by atoms with van der Waals surface area (Å²) < 4.78 is 64.3. The quantitative estimate of drug-likeness (QED) is 0.135. The lowest BCUT2D eigenvalue weighted by Crippen LogP contribution is -2.41. The molecule has 1 aliphatic carbocycles. The fourth-order valence-corrected chi connectivity index (χ4v) is 6.51. The highest BCUT2D eigenvalue weighted by Gasteiger charge is 2.52. The second-order valence-electron chi connectivity index (χ2n) is 13.2. The van der Waals surface area contributed by atoms with Crippen LogP contribution in [0, 0.1) is 5.82 Å². The maximum absolute atomic E-state index is 14.2. The predicted molar refractivity (Wildman–Crippen MR) is 179 cm³/mol. The smallest absolute Gasteiger partial charge is 0.495 e. The van der Waals surface area contributed by atoms with E-state index in [1.165, 1.54) is 30.6 Å². The number of carbonyl (C=O) groups excluding carboxylic acids is 2. The summed E-state index contributed by atoms with van der Waals surface area (Å²) in [5.74, 6) is -1.03. The van der Waals surface area contributed by atoms with E-state index in [1.54, 1.807) is 36.4 Å². The van der Waals surface area contributed by atoms with E-state index in [9.17, 15) is 22.7 Å². The number of methoxy groups -OCH3 is 1. The van der Waals surface area contributed by atoms with E-state index >= 15 is 0 Å². The number of esters is 1. The van der Waals surface area contributed by atoms with Crippen LogP contribution in [0.5, 0.6) is 0 Å². The summed E-state index contributed by atoms with van der Waals surface area (Å²) in [5.41, 5.74) is 2.71. The molecule has 1 unspecified atom stereocenters. The van der Waals surface area contributed by atoms with Gasteiger partial charge in [-0.3, -0.25) is 9.00 Å². The van der Waals surface area contributed by atoms with Crippen LogP contribution in [0.2, 0.25) is 0 Å². The largest absolute Gasteiger partial charge is 0.760 e. The molecule has 1 aromatic heterocycles. The first kappa shape index (κ1) is 34.0. The predicted octanol–water partition coefficient (Wildman–Crippen LogP) is 5.36. The second kappa shape index (κ2) is 12.9. The number of nitrogens with one attached hydrogen (secondary N) is 1. The zero-order valence-corrected chi connectivity index (χ0v) is 28.5. The molecule has 13 heteroatoms. The summed E-state index contributed by atoms with van der Waals surface area (Å²) in [6.45, 7) is 7.63. The first-order valence-corrected chi connectivity index (χ1v) is 16.7. The fraction of sp³-hybridized carbons (Fsp3) is 0.371. The molecular formula is C35H37BFN2O8S-. The topological polar surface area (TPSA) is 130 Å².